The van der Waals surface area contributed by atoms with Crippen LogP contribution < -0.4 is 21.3 Å². The maximum absolute atomic E-state index is 14.3. The van der Waals surface area contributed by atoms with Crippen molar-refractivity contribution < 1.29 is 29.1 Å². The smallest absolute Gasteiger partial charge is 0.246 e. The molecule has 0 spiro atoms. The zero-order chi connectivity index (χ0) is 43.9. The van der Waals surface area contributed by atoms with Crippen molar-refractivity contribution >= 4 is 46.6 Å². The highest BCUT2D eigenvalue weighted by atomic mass is 32.1. The first-order valence-corrected chi connectivity index (χ1v) is 23.2. The fraction of sp³-hybridized carbons (Fsp3) is 0.587. The molecule has 5 amide bonds. The van der Waals surface area contributed by atoms with Gasteiger partial charge >= 0.3 is 0 Å². The van der Waals surface area contributed by atoms with E-state index in [0.29, 0.717) is 51.9 Å². The second-order valence-corrected chi connectivity index (χ2v) is 19.9. The van der Waals surface area contributed by atoms with E-state index in [-0.39, 0.29) is 66.9 Å². The number of pyridine rings is 1. The lowest BCUT2D eigenvalue weighted by Crippen LogP contribution is -2.59. The Bertz CT molecular complexity index is 2140. The van der Waals surface area contributed by atoms with Crippen LogP contribution in [0.5, 0.6) is 0 Å². The Morgan fingerprint density at radius 2 is 1.69 bits per heavy atom. The molecule has 0 aliphatic carbocycles. The van der Waals surface area contributed by atoms with Crippen LogP contribution in [0.2, 0.25) is 0 Å². The van der Waals surface area contributed by atoms with Gasteiger partial charge < -0.3 is 41.1 Å². The van der Waals surface area contributed by atoms with Gasteiger partial charge in [0.2, 0.25) is 29.5 Å². The minimum absolute atomic E-state index is 0.00963. The number of aryl methyl sites for hydroxylation is 1. The highest BCUT2D eigenvalue weighted by Gasteiger charge is 2.48. The van der Waals surface area contributed by atoms with Crippen molar-refractivity contribution in [3.63, 3.8) is 0 Å². The molecule has 3 aromatic rings. The summed E-state index contributed by atoms with van der Waals surface area (Å²) >= 11 is 1.58. The summed E-state index contributed by atoms with van der Waals surface area (Å²) in [4.78, 5) is 85.9. The van der Waals surface area contributed by atoms with E-state index in [1.165, 1.54) is 4.90 Å². The maximum Gasteiger partial charge on any atom is 0.246 e. The van der Waals surface area contributed by atoms with Crippen molar-refractivity contribution in [2.75, 3.05) is 37.6 Å². The number of hydrogen-bond acceptors (Lipinski definition) is 11. The third-order valence-electron chi connectivity index (χ3n) is 13.8. The van der Waals surface area contributed by atoms with Gasteiger partial charge in [0.1, 0.15) is 18.1 Å². The number of thiazole rings is 1. The molecule has 1 aromatic carbocycles. The molecule has 16 heteroatoms. The number of β-amino-alcohol motifs (C(OH)–C–C–N with tert-alkyl or cyclic N) is 1. The van der Waals surface area contributed by atoms with Gasteiger partial charge in [-0.2, -0.15) is 0 Å². The fourth-order valence-electron chi connectivity index (χ4n) is 10.1. The van der Waals surface area contributed by atoms with Crippen molar-refractivity contribution in [3.8, 4) is 10.4 Å². The summed E-state index contributed by atoms with van der Waals surface area (Å²) in [5.74, 6) is -1.21. The molecule has 5 saturated heterocycles. The number of nitrogens with two attached hydrogens (primary N) is 1. The first kappa shape index (κ1) is 43.7. The number of aliphatic hydroxyl groups is 1. The Hall–Kier alpha value is -4.93. The Balaban J connectivity index is 0.848. The number of carbonyl (C=O) groups excluding carboxylic acids is 5. The van der Waals surface area contributed by atoms with E-state index >= 15 is 0 Å². The molecule has 0 saturated carbocycles. The third kappa shape index (κ3) is 8.96. The molecule has 0 radical (unpaired) electrons. The molecule has 2 aromatic heterocycles. The van der Waals surface area contributed by atoms with Crippen molar-refractivity contribution in [1.29, 1.82) is 0 Å². The van der Waals surface area contributed by atoms with Crippen LogP contribution in [0.3, 0.4) is 0 Å². The van der Waals surface area contributed by atoms with Crippen molar-refractivity contribution in [3.05, 3.63) is 65.1 Å². The van der Waals surface area contributed by atoms with E-state index in [4.69, 9.17) is 5.73 Å². The van der Waals surface area contributed by atoms with Crippen LogP contribution in [0.15, 0.2) is 48.2 Å². The zero-order valence-corrected chi connectivity index (χ0v) is 37.1. The number of piperidine rings is 1. The first-order chi connectivity index (χ1) is 29.7. The largest absolute Gasteiger partial charge is 0.391 e. The minimum Gasteiger partial charge on any atom is -0.391 e. The lowest BCUT2D eigenvalue weighted by atomic mass is 9.84. The molecule has 62 heavy (non-hydrogen) atoms. The number of carbonyl (C=O) groups is 5. The Labute approximate surface area is 367 Å². The number of nitrogens with zero attached hydrogens (tertiary/aromatic N) is 6. The Kier molecular flexibility index (Phi) is 12.7. The van der Waals surface area contributed by atoms with E-state index in [9.17, 15) is 29.1 Å². The van der Waals surface area contributed by atoms with E-state index in [1.54, 1.807) is 22.4 Å². The Morgan fingerprint density at radius 3 is 2.39 bits per heavy atom. The highest BCUT2D eigenvalue weighted by molar-refractivity contribution is 7.13. The van der Waals surface area contributed by atoms with E-state index < -0.39 is 35.7 Å². The first-order valence-electron chi connectivity index (χ1n) is 22.3. The normalized spacial score (nSPS) is 25.3. The molecule has 0 unspecified atom stereocenters. The van der Waals surface area contributed by atoms with Crippen LogP contribution >= 0.6 is 11.3 Å². The summed E-state index contributed by atoms with van der Waals surface area (Å²) in [5.41, 5.74) is 12.4. The Morgan fingerprint density at radius 1 is 0.952 bits per heavy atom. The van der Waals surface area contributed by atoms with Crippen molar-refractivity contribution in [2.45, 2.75) is 128 Å². The number of amides is 5. The molecule has 5 N–H and O–H groups in total. The van der Waals surface area contributed by atoms with Crippen LogP contribution in [0, 0.1) is 18.3 Å². The number of anilines is 1. The van der Waals surface area contributed by atoms with E-state index in [1.807, 2.05) is 74.6 Å². The van der Waals surface area contributed by atoms with E-state index in [2.05, 4.69) is 25.5 Å². The second-order valence-electron chi connectivity index (χ2n) is 19.1. The monoisotopic (exact) mass is 867 g/mol. The summed E-state index contributed by atoms with van der Waals surface area (Å²) in [6.45, 7) is 10.3. The number of rotatable bonds is 10. The maximum atomic E-state index is 14.3. The van der Waals surface area contributed by atoms with Gasteiger partial charge in [-0.1, -0.05) is 45.0 Å². The number of nitrogens with one attached hydrogen (secondary N) is 2. The van der Waals surface area contributed by atoms with E-state index in [0.717, 1.165) is 52.2 Å². The lowest BCUT2D eigenvalue weighted by Gasteiger charge is -2.44. The van der Waals surface area contributed by atoms with Gasteiger partial charge in [0.15, 0.2) is 0 Å². The number of benzene rings is 1. The summed E-state index contributed by atoms with van der Waals surface area (Å²) in [7, 11) is 0. The summed E-state index contributed by atoms with van der Waals surface area (Å²) in [5, 5.41) is 16.7. The van der Waals surface area contributed by atoms with Crippen molar-refractivity contribution in [1.82, 2.24) is 35.3 Å². The average molecular weight is 868 g/mol. The zero-order valence-electron chi connectivity index (χ0n) is 36.3. The molecule has 0 bridgehead atoms. The SMILES string of the molecule is Cc1ncsc1-c1ccc(CNC(=O)[C@@H]2C[C@@H](O)CN2C(=O)[C@@H](NC(=O)C2CCN(c3ccncc3C3CN(C(=O)[C@@H]4CC[C@@H]5CCC[C@H](N)C(=O)N54)C3)CC2)C(C)(C)C)cc1. The molecular formula is C46H61N9O6S. The standard InChI is InChI=1S/C46H61N9O6S/c1-27-39(62-26-50-27)29-10-8-28(9-11-29)21-49-42(58)38-20-33(56)25-54(38)45(61)40(46(2,3)4)51-41(57)30-15-18-52(19-16-30)36-14-17-48-22-34(36)31-23-53(24-31)44(60)37-13-12-32-6-5-7-35(47)43(59)55(32)37/h8-11,14,17,22,26,30-33,35,37-38,40,56H,5-7,12-13,15-16,18-21,23-25,47H2,1-4H3,(H,49,58)(H,51,57)/t32-,33+,35-,37-,38-,40+/m0/s1. The second kappa shape index (κ2) is 18.0. The predicted octanol–water partition coefficient (Wildman–Crippen LogP) is 3.34. The molecule has 6 atom stereocenters. The number of aromatic nitrogens is 2. The van der Waals surface area contributed by atoms with Crippen LogP contribution in [0.4, 0.5) is 5.69 Å². The summed E-state index contributed by atoms with van der Waals surface area (Å²) < 4.78 is 0. The van der Waals surface area contributed by atoms with Gasteiger partial charge in [-0.3, -0.25) is 29.0 Å². The average Bonchev–Trinajstić information content (AvgIpc) is 3.96. The van der Waals surface area contributed by atoms with Crippen LogP contribution in [-0.4, -0.2) is 128 Å². The quantitative estimate of drug-likeness (QED) is 0.235. The van der Waals surface area contributed by atoms with Gasteiger partial charge in [0.05, 0.1) is 28.2 Å². The summed E-state index contributed by atoms with van der Waals surface area (Å²) in [6.07, 6.45) is 8.08. The molecule has 5 aliphatic rings. The molecule has 15 nitrogen and oxygen atoms in total. The molecule has 8 rings (SSSR count). The molecule has 7 heterocycles. The predicted molar refractivity (Wildman–Crippen MR) is 236 cm³/mol. The fourth-order valence-corrected chi connectivity index (χ4v) is 10.9. The topological polar surface area (TPSA) is 194 Å². The number of likely N-dealkylation sites (tertiary alicyclic amines) is 2. The van der Waals surface area contributed by atoms with Gasteiger partial charge in [0, 0.05) is 87.2 Å². The highest BCUT2D eigenvalue weighted by Crippen LogP contribution is 2.39. The molecular weight excluding hydrogens is 807 g/mol. The number of fused-ring (bicyclic) bond motifs is 1. The summed E-state index contributed by atoms with van der Waals surface area (Å²) in [6, 6.07) is 7.29. The number of aliphatic hydroxyl groups excluding tert-OH is 1. The third-order valence-corrected chi connectivity index (χ3v) is 14.7. The van der Waals surface area contributed by atoms with Crippen LogP contribution in [0.25, 0.3) is 10.4 Å². The molecule has 5 fully saturated rings. The van der Waals surface area contributed by atoms with Gasteiger partial charge in [-0.15, -0.1) is 11.3 Å². The minimum atomic E-state index is -0.906. The molecule has 5 aliphatic heterocycles. The van der Waals surface area contributed by atoms with Crippen LogP contribution in [0.1, 0.15) is 94.9 Å². The number of hydrogen-bond donors (Lipinski definition) is 4. The van der Waals surface area contributed by atoms with Gasteiger partial charge in [0.25, 0.3) is 0 Å². The van der Waals surface area contributed by atoms with Crippen LogP contribution in [-0.2, 0) is 30.5 Å². The van der Waals surface area contributed by atoms with Gasteiger partial charge in [-0.05, 0) is 74.5 Å². The van der Waals surface area contributed by atoms with Crippen molar-refractivity contribution in [2.24, 2.45) is 17.1 Å². The lowest BCUT2D eigenvalue weighted by molar-refractivity contribution is -0.148. The van der Waals surface area contributed by atoms with Gasteiger partial charge in [-0.25, -0.2) is 4.98 Å². The molecule has 332 valence electrons.